The molecular weight excluding hydrogens is 636 g/mol. The smallest absolute Gasteiger partial charge is 0.346 e. The maximum absolute atomic E-state index is 10.9. The van der Waals surface area contributed by atoms with Crippen molar-refractivity contribution in [3.8, 4) is 0 Å². The molecule has 1 aliphatic carbocycles. The second-order valence-corrected chi connectivity index (χ2v) is 9.40. The predicted octanol–water partition coefficient (Wildman–Crippen LogP) is 2.02. The van der Waals surface area contributed by atoms with E-state index in [9.17, 15) is 28.8 Å². The molecule has 2 unspecified atom stereocenters. The van der Waals surface area contributed by atoms with E-state index in [2.05, 4.69) is 46.1 Å². The van der Waals surface area contributed by atoms with Gasteiger partial charge in [0.1, 0.15) is 0 Å². The highest BCUT2D eigenvalue weighted by atomic mass is 79.9. The second-order valence-electron chi connectivity index (χ2n) is 8.28. The lowest BCUT2D eigenvalue weighted by molar-refractivity contribution is -0.154. The summed E-state index contributed by atoms with van der Waals surface area (Å²) in [6.07, 6.45) is 7.36. The lowest BCUT2D eigenvalue weighted by atomic mass is 9.85. The van der Waals surface area contributed by atoms with Crippen LogP contribution in [0.4, 0.5) is 0 Å². The topological polar surface area (TPSA) is 171 Å². The average molecular weight is 660 g/mol. The van der Waals surface area contributed by atoms with Crippen LogP contribution in [0.3, 0.4) is 0 Å². The first kappa shape index (κ1) is 31.2. The maximum atomic E-state index is 10.9. The lowest BCUT2D eigenvalue weighted by Gasteiger charge is -2.23. The van der Waals surface area contributed by atoms with Gasteiger partial charge in [-0.15, -0.1) is 0 Å². The monoisotopic (exact) mass is 658 g/mol. The third-order valence-electron chi connectivity index (χ3n) is 5.59. The highest BCUT2D eigenvalue weighted by Crippen LogP contribution is 2.32. The molecule has 1 aromatic carbocycles. The summed E-state index contributed by atoms with van der Waals surface area (Å²) in [5.41, 5.74) is 0.329. The number of benzene rings is 1. The zero-order valence-electron chi connectivity index (χ0n) is 19.8. The zero-order chi connectivity index (χ0) is 28.3. The minimum atomic E-state index is -0.579. The largest absolute Gasteiger partial charge is 0.396 e. The Bertz CT molecular complexity index is 1050. The highest BCUT2D eigenvalue weighted by molar-refractivity contribution is 9.09. The molecule has 1 fully saturated rings. The van der Waals surface area contributed by atoms with Crippen molar-refractivity contribution in [1.82, 2.24) is 0 Å². The molecule has 3 heterocycles. The Morgan fingerprint density at radius 3 is 1.42 bits per heavy atom. The van der Waals surface area contributed by atoms with E-state index < -0.39 is 23.9 Å². The van der Waals surface area contributed by atoms with Crippen molar-refractivity contribution in [3.05, 3.63) is 59.7 Å². The van der Waals surface area contributed by atoms with Crippen molar-refractivity contribution in [1.29, 1.82) is 0 Å². The molecule has 0 amide bonds. The van der Waals surface area contributed by atoms with Gasteiger partial charge in [0.2, 0.25) is 0 Å². The molecule has 3 aliphatic heterocycles. The Morgan fingerprint density at radius 1 is 0.711 bits per heavy atom. The van der Waals surface area contributed by atoms with Gasteiger partial charge in [-0.05, 0) is 25.0 Å². The number of hydrogen-bond acceptors (Lipinski definition) is 11. The van der Waals surface area contributed by atoms with Crippen LogP contribution in [0.5, 0.6) is 0 Å². The Labute approximate surface area is 234 Å². The number of rotatable bonds is 4. The number of carbonyl (C=O) groups is 6. The number of halogens is 2. The Hall–Kier alpha value is -3.00. The molecule has 1 saturated heterocycles. The van der Waals surface area contributed by atoms with Crippen molar-refractivity contribution in [3.63, 3.8) is 0 Å². The number of fused-ring (bicyclic) bond motifs is 2. The van der Waals surface area contributed by atoms with Gasteiger partial charge < -0.3 is 24.4 Å². The number of allylic oxidation sites excluding steroid dienone is 2. The summed E-state index contributed by atoms with van der Waals surface area (Å²) in [6, 6.07) is 6.53. The first-order chi connectivity index (χ1) is 18.1. The highest BCUT2D eigenvalue weighted by Gasteiger charge is 2.43. The third-order valence-corrected chi connectivity index (χ3v) is 7.96. The summed E-state index contributed by atoms with van der Waals surface area (Å²) in [5, 5.41) is 18.7. The molecule has 204 valence electrons. The Balaban J connectivity index is 0.000000181. The van der Waals surface area contributed by atoms with Crippen LogP contribution in [0, 0.1) is 17.3 Å². The zero-order valence-corrected chi connectivity index (χ0v) is 23.0. The van der Waals surface area contributed by atoms with Crippen LogP contribution in [-0.4, -0.2) is 69.9 Å². The summed E-state index contributed by atoms with van der Waals surface area (Å²) in [7, 11) is 0. The van der Waals surface area contributed by atoms with Crippen molar-refractivity contribution < 1.29 is 53.2 Å². The molecule has 2 N–H and O–H groups in total. The van der Waals surface area contributed by atoms with E-state index in [0.717, 1.165) is 12.2 Å². The Kier molecular flexibility index (Phi) is 12.2. The average Bonchev–Trinajstić information content (AvgIpc) is 3.56. The van der Waals surface area contributed by atoms with Crippen LogP contribution in [0.2, 0.25) is 0 Å². The number of ether oxygens (including phenoxy) is 3. The molecular formula is C25H24Br2O11. The van der Waals surface area contributed by atoms with Gasteiger partial charge >= 0.3 is 35.8 Å². The number of alkyl halides is 2. The van der Waals surface area contributed by atoms with Crippen molar-refractivity contribution >= 4 is 67.7 Å². The fourth-order valence-electron chi connectivity index (χ4n) is 3.18. The number of aliphatic hydroxyl groups excluding tert-OH is 2. The van der Waals surface area contributed by atoms with Crippen LogP contribution in [0.25, 0.3) is 0 Å². The molecule has 0 saturated carbocycles. The summed E-state index contributed by atoms with van der Waals surface area (Å²) < 4.78 is 12.8. The molecule has 11 nitrogen and oxygen atoms in total. The van der Waals surface area contributed by atoms with Crippen molar-refractivity contribution in [2.45, 2.75) is 12.8 Å². The normalized spacial score (nSPS) is 20.5. The molecule has 4 aliphatic rings. The first-order valence-electron chi connectivity index (χ1n) is 11.1. The van der Waals surface area contributed by atoms with Gasteiger partial charge in [-0.2, -0.15) is 0 Å². The van der Waals surface area contributed by atoms with E-state index in [1.807, 2.05) is 12.2 Å². The first-order valence-corrected chi connectivity index (χ1v) is 13.4. The van der Waals surface area contributed by atoms with Gasteiger partial charge in [0.05, 0.1) is 36.2 Å². The molecule has 0 spiro atoms. The van der Waals surface area contributed by atoms with Gasteiger partial charge in [-0.25, -0.2) is 19.2 Å². The van der Waals surface area contributed by atoms with Crippen LogP contribution in [0.15, 0.2) is 48.6 Å². The fourth-order valence-corrected chi connectivity index (χ4v) is 4.81. The third kappa shape index (κ3) is 8.25. The minimum Gasteiger partial charge on any atom is -0.396 e. The molecule has 0 aromatic heterocycles. The van der Waals surface area contributed by atoms with E-state index in [4.69, 9.17) is 10.2 Å². The molecule has 0 bridgehead atoms. The van der Waals surface area contributed by atoms with Gasteiger partial charge in [-0.1, -0.05) is 56.1 Å². The molecule has 0 radical (unpaired) electrons. The van der Waals surface area contributed by atoms with E-state index in [1.165, 1.54) is 0 Å². The van der Waals surface area contributed by atoms with E-state index in [1.54, 1.807) is 24.3 Å². The van der Waals surface area contributed by atoms with Crippen LogP contribution in [0.1, 0.15) is 33.6 Å². The lowest BCUT2D eigenvalue weighted by Crippen LogP contribution is -2.33. The van der Waals surface area contributed by atoms with E-state index in [0.29, 0.717) is 34.6 Å². The number of esters is 6. The van der Waals surface area contributed by atoms with Gasteiger partial charge in [-0.3, -0.25) is 9.59 Å². The molecule has 1 aromatic rings. The molecule has 2 atom stereocenters. The number of carbonyl (C=O) groups excluding carboxylic acids is 6. The van der Waals surface area contributed by atoms with E-state index >= 15 is 0 Å². The Morgan fingerprint density at radius 2 is 1.13 bits per heavy atom. The second kappa shape index (κ2) is 14.8. The maximum Gasteiger partial charge on any atom is 0.346 e. The number of aliphatic hydroxyl groups is 2. The summed E-state index contributed by atoms with van der Waals surface area (Å²) in [5.74, 6) is -3.32. The quantitative estimate of drug-likeness (QED) is 0.159. The van der Waals surface area contributed by atoms with Crippen LogP contribution >= 0.6 is 31.9 Å². The molecule has 38 heavy (non-hydrogen) atoms. The molecule has 13 heteroatoms. The van der Waals surface area contributed by atoms with Gasteiger partial charge in [0.15, 0.2) is 0 Å². The van der Waals surface area contributed by atoms with Crippen molar-refractivity contribution in [2.75, 3.05) is 23.9 Å². The SMILES string of the molecule is O=C1C=CC(=O)O1.O=C1OC(=O)C2CC=CCC12.O=C1OC(=O)c2ccccc21.OCC(CO)(CBr)CBr. The van der Waals surface area contributed by atoms with Crippen LogP contribution < -0.4 is 0 Å². The summed E-state index contributed by atoms with van der Waals surface area (Å²) in [4.78, 5) is 63.4. The van der Waals surface area contributed by atoms with Gasteiger partial charge in [0, 0.05) is 28.2 Å². The summed E-state index contributed by atoms with van der Waals surface area (Å²) in [6.45, 7) is 0. The number of cyclic esters (lactones) is 6. The van der Waals surface area contributed by atoms with Crippen molar-refractivity contribution in [2.24, 2.45) is 17.3 Å². The van der Waals surface area contributed by atoms with E-state index in [-0.39, 0.29) is 42.4 Å². The predicted molar refractivity (Wildman–Crippen MR) is 137 cm³/mol. The van der Waals surface area contributed by atoms with Crippen LogP contribution in [-0.2, 0) is 33.4 Å². The molecule has 5 rings (SSSR count). The fraction of sp³-hybridized carbons (Fsp3) is 0.360. The van der Waals surface area contributed by atoms with Gasteiger partial charge in [0.25, 0.3) is 0 Å². The standard InChI is InChI=1S/C8H8O3.C8H4O3.C5H10Br2O2.C4H2O3/c2*9-7-5-3-1-2-4-6(5)8(10)11-7;6-1-5(2-7,3-8)4-9;5-3-1-2-4(6)7-3/h1-2,5-6H,3-4H2;1-4H;8-9H,1-4H2;1-2H. The summed E-state index contributed by atoms with van der Waals surface area (Å²) >= 11 is 6.41. The number of hydrogen-bond donors (Lipinski definition) is 2. The minimum absolute atomic E-state index is 0.